The fourth-order valence-electron chi connectivity index (χ4n) is 4.06. The predicted molar refractivity (Wildman–Crippen MR) is 106 cm³/mol. The van der Waals surface area contributed by atoms with Crippen LogP contribution >= 0.6 is 0 Å². The Morgan fingerprint density at radius 3 is 2.59 bits per heavy atom. The minimum atomic E-state index is -0.129. The standard InChI is InChI=1S/C21H27N5O/c1-15(2)19-18(27)9-8-16-14-23-21(24-20(16)19)26(17-6-4-3-5-7-17)25-12-10-22-11-13-25/h3-7,14-15,19,22H,8-13H2,1-2H3. The molecular weight excluding hydrogens is 338 g/mol. The lowest BCUT2D eigenvalue weighted by atomic mass is 9.79. The van der Waals surface area contributed by atoms with Crippen LogP contribution in [-0.4, -0.2) is 46.9 Å². The maximum absolute atomic E-state index is 12.6. The van der Waals surface area contributed by atoms with E-state index in [1.807, 2.05) is 24.4 Å². The van der Waals surface area contributed by atoms with Crippen molar-refractivity contribution in [3.8, 4) is 0 Å². The van der Waals surface area contributed by atoms with Gasteiger partial charge < -0.3 is 5.32 Å². The van der Waals surface area contributed by atoms with Crippen LogP contribution < -0.4 is 10.3 Å². The van der Waals surface area contributed by atoms with Crippen molar-refractivity contribution in [2.75, 3.05) is 31.2 Å². The monoisotopic (exact) mass is 365 g/mol. The molecule has 1 atom stereocenters. The van der Waals surface area contributed by atoms with Crippen molar-refractivity contribution >= 4 is 17.4 Å². The molecule has 1 aromatic carbocycles. The normalized spacial score (nSPS) is 20.6. The van der Waals surface area contributed by atoms with E-state index in [4.69, 9.17) is 9.97 Å². The van der Waals surface area contributed by atoms with E-state index in [1.165, 1.54) is 0 Å². The molecule has 6 heteroatoms. The minimum Gasteiger partial charge on any atom is -0.314 e. The van der Waals surface area contributed by atoms with Gasteiger partial charge >= 0.3 is 0 Å². The Hall–Kier alpha value is -2.31. The molecule has 142 valence electrons. The van der Waals surface area contributed by atoms with Gasteiger partial charge in [-0.2, -0.15) is 0 Å². The molecule has 1 aliphatic carbocycles. The summed E-state index contributed by atoms with van der Waals surface area (Å²) in [6.07, 6.45) is 3.27. The van der Waals surface area contributed by atoms with Crippen LogP contribution in [0.25, 0.3) is 0 Å². The third-order valence-electron chi connectivity index (χ3n) is 5.40. The number of nitrogens with one attached hydrogen (secondary N) is 1. The molecule has 27 heavy (non-hydrogen) atoms. The van der Waals surface area contributed by atoms with Gasteiger partial charge in [0.15, 0.2) is 0 Å². The molecule has 1 aliphatic heterocycles. The van der Waals surface area contributed by atoms with E-state index in [0.717, 1.165) is 49.5 Å². The molecule has 0 amide bonds. The summed E-state index contributed by atoms with van der Waals surface area (Å²) >= 11 is 0. The van der Waals surface area contributed by atoms with Crippen LogP contribution in [0.1, 0.15) is 37.4 Å². The molecule has 1 unspecified atom stereocenters. The first-order valence-electron chi connectivity index (χ1n) is 9.84. The largest absolute Gasteiger partial charge is 0.314 e. The maximum atomic E-state index is 12.6. The lowest BCUT2D eigenvalue weighted by Gasteiger charge is -2.38. The summed E-state index contributed by atoms with van der Waals surface area (Å²) in [6.45, 7) is 7.85. The van der Waals surface area contributed by atoms with Crippen LogP contribution in [-0.2, 0) is 11.2 Å². The molecule has 1 fully saturated rings. The number of rotatable bonds is 4. The first-order valence-corrected chi connectivity index (χ1v) is 9.84. The Labute approximate surface area is 160 Å². The van der Waals surface area contributed by atoms with Crippen LogP contribution in [0.3, 0.4) is 0 Å². The first kappa shape index (κ1) is 18.1. The second-order valence-corrected chi connectivity index (χ2v) is 7.62. The minimum absolute atomic E-state index is 0.129. The molecule has 2 aromatic rings. The topological polar surface area (TPSA) is 61.4 Å². The van der Waals surface area contributed by atoms with Crippen LogP contribution in [0.15, 0.2) is 36.5 Å². The van der Waals surface area contributed by atoms with Crippen LogP contribution in [0, 0.1) is 5.92 Å². The maximum Gasteiger partial charge on any atom is 0.245 e. The fraction of sp³-hybridized carbons (Fsp3) is 0.476. The number of nitrogens with zero attached hydrogens (tertiary/aromatic N) is 4. The molecule has 1 saturated heterocycles. The van der Waals surface area contributed by atoms with Crippen molar-refractivity contribution in [2.24, 2.45) is 5.92 Å². The molecular formula is C21H27N5O. The van der Waals surface area contributed by atoms with Gasteiger partial charge in [-0.05, 0) is 30.0 Å². The molecule has 6 nitrogen and oxygen atoms in total. The summed E-state index contributed by atoms with van der Waals surface area (Å²) < 4.78 is 0. The highest BCUT2D eigenvalue weighted by Gasteiger charge is 2.33. The highest BCUT2D eigenvalue weighted by atomic mass is 16.1. The van der Waals surface area contributed by atoms with Crippen molar-refractivity contribution in [3.63, 3.8) is 0 Å². The number of hydrogen-bond donors (Lipinski definition) is 1. The highest BCUT2D eigenvalue weighted by Crippen LogP contribution is 2.35. The van der Waals surface area contributed by atoms with Crippen molar-refractivity contribution in [2.45, 2.75) is 32.6 Å². The Morgan fingerprint density at radius 2 is 1.89 bits per heavy atom. The number of aryl methyl sites for hydroxylation is 1. The number of benzene rings is 1. The third kappa shape index (κ3) is 3.59. The molecule has 0 spiro atoms. The van der Waals surface area contributed by atoms with Gasteiger partial charge in [0, 0.05) is 38.8 Å². The lowest BCUT2D eigenvalue weighted by Crippen LogP contribution is -2.51. The summed E-state index contributed by atoms with van der Waals surface area (Å²) in [4.78, 5) is 22.2. The highest BCUT2D eigenvalue weighted by molar-refractivity contribution is 5.87. The van der Waals surface area contributed by atoms with E-state index >= 15 is 0 Å². The number of Topliss-reactive ketones (excluding diaryl/α,β-unsaturated/α-hetero) is 1. The fourth-order valence-corrected chi connectivity index (χ4v) is 4.06. The molecule has 2 heterocycles. The number of carbonyl (C=O) groups excluding carboxylic acids is 1. The zero-order valence-electron chi connectivity index (χ0n) is 16.1. The number of aromatic nitrogens is 2. The Bertz CT molecular complexity index is 801. The Balaban J connectivity index is 1.78. The molecule has 1 aromatic heterocycles. The van der Waals surface area contributed by atoms with Gasteiger partial charge in [-0.3, -0.25) is 4.79 Å². The summed E-state index contributed by atoms with van der Waals surface area (Å²) in [6, 6.07) is 10.2. The average molecular weight is 365 g/mol. The number of ketones is 1. The number of hydrazine groups is 1. The van der Waals surface area contributed by atoms with Gasteiger partial charge in [0.1, 0.15) is 5.78 Å². The Kier molecular flexibility index (Phi) is 5.18. The van der Waals surface area contributed by atoms with Gasteiger partial charge in [-0.15, -0.1) is 0 Å². The van der Waals surface area contributed by atoms with E-state index < -0.39 is 0 Å². The summed E-state index contributed by atoms with van der Waals surface area (Å²) in [5, 5.41) is 7.79. The summed E-state index contributed by atoms with van der Waals surface area (Å²) in [7, 11) is 0. The van der Waals surface area contributed by atoms with E-state index in [0.29, 0.717) is 18.2 Å². The molecule has 1 N–H and O–H groups in total. The molecule has 0 radical (unpaired) electrons. The van der Waals surface area contributed by atoms with Crippen molar-refractivity contribution in [1.29, 1.82) is 0 Å². The van der Waals surface area contributed by atoms with Gasteiger partial charge in [0.05, 0.1) is 17.3 Å². The zero-order chi connectivity index (χ0) is 18.8. The van der Waals surface area contributed by atoms with Crippen LogP contribution in [0.2, 0.25) is 0 Å². The number of fused-ring (bicyclic) bond motifs is 1. The van der Waals surface area contributed by atoms with Gasteiger partial charge in [-0.1, -0.05) is 32.0 Å². The molecule has 0 saturated carbocycles. The van der Waals surface area contributed by atoms with Gasteiger partial charge in [0.25, 0.3) is 0 Å². The number of para-hydroxylation sites is 1. The van der Waals surface area contributed by atoms with E-state index in [9.17, 15) is 4.79 Å². The number of piperazine rings is 1. The quantitative estimate of drug-likeness (QED) is 0.899. The predicted octanol–water partition coefficient (Wildman–Crippen LogP) is 2.69. The summed E-state index contributed by atoms with van der Waals surface area (Å²) in [5.41, 5.74) is 3.08. The average Bonchev–Trinajstić information content (AvgIpc) is 2.69. The second-order valence-electron chi connectivity index (χ2n) is 7.62. The number of hydrogen-bond acceptors (Lipinski definition) is 6. The smallest absolute Gasteiger partial charge is 0.245 e. The lowest BCUT2D eigenvalue weighted by molar-refractivity contribution is -0.122. The van der Waals surface area contributed by atoms with Crippen LogP contribution in [0.5, 0.6) is 0 Å². The van der Waals surface area contributed by atoms with Gasteiger partial charge in [-0.25, -0.2) is 20.0 Å². The molecule has 2 aliphatic rings. The Morgan fingerprint density at radius 1 is 1.15 bits per heavy atom. The van der Waals surface area contributed by atoms with Crippen molar-refractivity contribution in [3.05, 3.63) is 47.8 Å². The number of anilines is 2. The number of carbonyl (C=O) groups is 1. The van der Waals surface area contributed by atoms with E-state index in [-0.39, 0.29) is 11.8 Å². The van der Waals surface area contributed by atoms with Crippen molar-refractivity contribution in [1.82, 2.24) is 20.3 Å². The SMILES string of the molecule is CC(C)C1C(=O)CCc2cnc(N(c3ccccc3)N3CCNCC3)nc21. The van der Waals surface area contributed by atoms with Gasteiger partial charge in [0.2, 0.25) is 5.95 Å². The first-order chi connectivity index (χ1) is 13.1. The van der Waals surface area contributed by atoms with E-state index in [1.54, 1.807) is 0 Å². The summed E-state index contributed by atoms with van der Waals surface area (Å²) in [5.74, 6) is 1.07. The van der Waals surface area contributed by atoms with E-state index in [2.05, 4.69) is 41.3 Å². The third-order valence-corrected chi connectivity index (χ3v) is 5.40. The van der Waals surface area contributed by atoms with Crippen LogP contribution in [0.4, 0.5) is 11.6 Å². The second kappa shape index (κ2) is 7.74. The molecule has 0 bridgehead atoms. The molecule has 4 rings (SSSR count). The van der Waals surface area contributed by atoms with Crippen molar-refractivity contribution < 1.29 is 4.79 Å². The zero-order valence-corrected chi connectivity index (χ0v) is 16.1.